The molecule has 0 spiro atoms. The zero-order chi connectivity index (χ0) is 16.7. The van der Waals surface area contributed by atoms with E-state index in [4.69, 9.17) is 4.74 Å². The third-order valence-electron chi connectivity index (χ3n) is 3.52. The fourth-order valence-corrected chi connectivity index (χ4v) is 3.36. The Bertz CT molecular complexity index is 814. The SMILES string of the molecule is COc1cc([C@H]2NC(=O)c3c(F)cccc3N2)c(Br)c(Br)c1O. The van der Waals surface area contributed by atoms with Crippen LogP contribution in [-0.4, -0.2) is 18.1 Å². The van der Waals surface area contributed by atoms with E-state index in [0.717, 1.165) is 0 Å². The highest BCUT2D eigenvalue weighted by Crippen LogP contribution is 2.44. The van der Waals surface area contributed by atoms with Crippen molar-refractivity contribution in [3.63, 3.8) is 0 Å². The van der Waals surface area contributed by atoms with Crippen molar-refractivity contribution in [2.45, 2.75) is 6.17 Å². The zero-order valence-corrected chi connectivity index (χ0v) is 15.0. The smallest absolute Gasteiger partial charge is 0.258 e. The Labute approximate surface area is 148 Å². The fourth-order valence-electron chi connectivity index (χ4n) is 2.40. The molecule has 0 fully saturated rings. The summed E-state index contributed by atoms with van der Waals surface area (Å²) in [6, 6.07) is 5.98. The van der Waals surface area contributed by atoms with Crippen molar-refractivity contribution in [3.05, 3.63) is 50.2 Å². The largest absolute Gasteiger partial charge is 0.503 e. The van der Waals surface area contributed by atoms with Gasteiger partial charge in [-0.1, -0.05) is 6.07 Å². The molecule has 1 heterocycles. The first-order valence-corrected chi connectivity index (χ1v) is 8.13. The van der Waals surface area contributed by atoms with E-state index < -0.39 is 17.9 Å². The standard InChI is InChI=1S/C15H11Br2FN2O3/c1-23-9-5-6(11(16)12(17)13(9)21)14-19-8-4-2-3-7(18)10(8)15(22)20-14/h2-5,14,19,21H,1H3,(H,20,22)/t14-/m1/s1. The molecular weight excluding hydrogens is 435 g/mol. The van der Waals surface area contributed by atoms with E-state index in [1.54, 1.807) is 12.1 Å². The van der Waals surface area contributed by atoms with Crippen LogP contribution in [0.2, 0.25) is 0 Å². The van der Waals surface area contributed by atoms with E-state index in [-0.39, 0.29) is 17.1 Å². The Morgan fingerprint density at radius 1 is 1.26 bits per heavy atom. The molecular formula is C15H11Br2FN2O3. The van der Waals surface area contributed by atoms with Gasteiger partial charge in [-0.2, -0.15) is 0 Å². The molecule has 1 amide bonds. The van der Waals surface area contributed by atoms with Gasteiger partial charge in [0.1, 0.15) is 12.0 Å². The molecule has 0 aliphatic carbocycles. The van der Waals surface area contributed by atoms with Crippen LogP contribution in [0.15, 0.2) is 33.2 Å². The highest BCUT2D eigenvalue weighted by atomic mass is 79.9. The second-order valence-electron chi connectivity index (χ2n) is 4.86. The molecule has 23 heavy (non-hydrogen) atoms. The molecule has 120 valence electrons. The number of hydrogen-bond acceptors (Lipinski definition) is 4. The number of hydrogen-bond donors (Lipinski definition) is 3. The highest BCUT2D eigenvalue weighted by molar-refractivity contribution is 9.13. The number of halogens is 3. The van der Waals surface area contributed by atoms with Crippen LogP contribution in [0.3, 0.4) is 0 Å². The quantitative estimate of drug-likeness (QED) is 0.655. The Hall–Kier alpha value is -1.80. The molecule has 0 saturated heterocycles. The van der Waals surface area contributed by atoms with E-state index in [1.165, 1.54) is 19.2 Å². The lowest BCUT2D eigenvalue weighted by atomic mass is 10.0. The Morgan fingerprint density at radius 2 is 2.00 bits per heavy atom. The van der Waals surface area contributed by atoms with Gasteiger partial charge in [-0.15, -0.1) is 0 Å². The van der Waals surface area contributed by atoms with Gasteiger partial charge in [0.25, 0.3) is 5.91 Å². The van der Waals surface area contributed by atoms with Gasteiger partial charge >= 0.3 is 0 Å². The Kier molecular flexibility index (Phi) is 4.20. The average Bonchev–Trinajstić information content (AvgIpc) is 2.52. The van der Waals surface area contributed by atoms with Gasteiger partial charge in [-0.25, -0.2) is 4.39 Å². The van der Waals surface area contributed by atoms with Gasteiger partial charge < -0.3 is 20.5 Å². The van der Waals surface area contributed by atoms with Crippen LogP contribution in [0.25, 0.3) is 0 Å². The zero-order valence-electron chi connectivity index (χ0n) is 11.8. The third kappa shape index (κ3) is 2.66. The summed E-state index contributed by atoms with van der Waals surface area (Å²) in [5.74, 6) is -0.917. The summed E-state index contributed by atoms with van der Waals surface area (Å²) in [6.45, 7) is 0. The first-order valence-electron chi connectivity index (χ1n) is 6.54. The molecule has 8 heteroatoms. The predicted molar refractivity (Wildman–Crippen MR) is 90.3 cm³/mol. The molecule has 2 aromatic rings. The summed E-state index contributed by atoms with van der Waals surface area (Å²) < 4.78 is 19.9. The lowest BCUT2D eigenvalue weighted by molar-refractivity contribution is 0.0931. The number of fused-ring (bicyclic) bond motifs is 1. The third-order valence-corrected chi connectivity index (χ3v) is 5.68. The number of anilines is 1. The molecule has 1 atom stereocenters. The van der Waals surface area contributed by atoms with Crippen molar-refractivity contribution in [1.29, 1.82) is 0 Å². The van der Waals surface area contributed by atoms with Crippen LogP contribution >= 0.6 is 31.9 Å². The van der Waals surface area contributed by atoms with E-state index in [1.807, 2.05) is 0 Å². The van der Waals surface area contributed by atoms with Crippen molar-refractivity contribution in [3.8, 4) is 11.5 Å². The number of benzene rings is 2. The number of methoxy groups -OCH3 is 1. The Balaban J connectivity index is 2.08. The summed E-state index contributed by atoms with van der Waals surface area (Å²) >= 11 is 6.65. The molecule has 0 aromatic heterocycles. The van der Waals surface area contributed by atoms with Crippen molar-refractivity contribution in [1.82, 2.24) is 5.32 Å². The monoisotopic (exact) mass is 444 g/mol. The number of phenols is 1. The fraction of sp³-hybridized carbons (Fsp3) is 0.133. The molecule has 5 nitrogen and oxygen atoms in total. The van der Waals surface area contributed by atoms with Crippen LogP contribution in [0.4, 0.5) is 10.1 Å². The first kappa shape index (κ1) is 16.1. The first-order chi connectivity index (χ1) is 10.9. The number of aromatic hydroxyl groups is 1. The second kappa shape index (κ2) is 6.01. The number of carbonyl (C=O) groups excluding carboxylic acids is 1. The summed E-state index contributed by atoms with van der Waals surface area (Å²) in [6.07, 6.45) is -0.614. The van der Waals surface area contributed by atoms with Gasteiger partial charge in [-0.3, -0.25) is 4.79 Å². The lowest BCUT2D eigenvalue weighted by Crippen LogP contribution is -2.39. The molecule has 0 saturated carbocycles. The number of nitrogens with one attached hydrogen (secondary N) is 2. The molecule has 0 bridgehead atoms. The van der Waals surface area contributed by atoms with Crippen LogP contribution in [0, 0.1) is 5.82 Å². The molecule has 2 aromatic carbocycles. The molecule has 3 N–H and O–H groups in total. The maximum Gasteiger partial charge on any atom is 0.258 e. The predicted octanol–water partition coefficient (Wildman–Crippen LogP) is 3.92. The summed E-state index contributed by atoms with van der Waals surface area (Å²) in [7, 11) is 1.43. The van der Waals surface area contributed by atoms with Crippen molar-refractivity contribution < 1.29 is 19.0 Å². The van der Waals surface area contributed by atoms with E-state index >= 15 is 0 Å². The molecule has 1 aliphatic rings. The molecule has 0 unspecified atom stereocenters. The topological polar surface area (TPSA) is 70.6 Å². The molecule has 0 radical (unpaired) electrons. The molecule has 1 aliphatic heterocycles. The van der Waals surface area contributed by atoms with Crippen LogP contribution in [-0.2, 0) is 0 Å². The number of ether oxygens (including phenoxy) is 1. The number of phenolic OH excluding ortho intramolecular Hbond substituents is 1. The van der Waals surface area contributed by atoms with Gasteiger partial charge in [0.15, 0.2) is 11.5 Å². The van der Waals surface area contributed by atoms with E-state index in [9.17, 15) is 14.3 Å². The normalized spacial score (nSPS) is 16.3. The summed E-state index contributed by atoms with van der Waals surface area (Å²) in [5.41, 5.74) is 0.994. The molecule has 3 rings (SSSR count). The van der Waals surface area contributed by atoms with E-state index in [0.29, 0.717) is 20.2 Å². The second-order valence-corrected chi connectivity index (χ2v) is 6.44. The number of carbonyl (C=O) groups is 1. The maximum absolute atomic E-state index is 13.8. The van der Waals surface area contributed by atoms with Gasteiger partial charge in [0.05, 0.1) is 22.8 Å². The van der Waals surface area contributed by atoms with Crippen LogP contribution < -0.4 is 15.4 Å². The average molecular weight is 446 g/mol. The highest BCUT2D eigenvalue weighted by Gasteiger charge is 2.30. The van der Waals surface area contributed by atoms with Crippen molar-refractivity contribution in [2.24, 2.45) is 0 Å². The minimum absolute atomic E-state index is 0.0234. The Morgan fingerprint density at radius 3 is 2.70 bits per heavy atom. The van der Waals surface area contributed by atoms with Gasteiger partial charge in [0, 0.05) is 10.0 Å². The van der Waals surface area contributed by atoms with E-state index in [2.05, 4.69) is 42.5 Å². The number of amides is 1. The van der Waals surface area contributed by atoms with Crippen LogP contribution in [0.5, 0.6) is 11.5 Å². The van der Waals surface area contributed by atoms with Gasteiger partial charge in [-0.05, 0) is 50.1 Å². The lowest BCUT2D eigenvalue weighted by Gasteiger charge is -2.29. The van der Waals surface area contributed by atoms with Crippen LogP contribution in [0.1, 0.15) is 22.1 Å². The van der Waals surface area contributed by atoms with Crippen molar-refractivity contribution >= 4 is 43.5 Å². The summed E-state index contributed by atoms with van der Waals surface area (Å²) in [5, 5.41) is 15.7. The number of rotatable bonds is 2. The van der Waals surface area contributed by atoms with Crippen molar-refractivity contribution in [2.75, 3.05) is 12.4 Å². The minimum atomic E-state index is -0.614. The maximum atomic E-state index is 13.8. The summed E-state index contributed by atoms with van der Waals surface area (Å²) in [4.78, 5) is 12.2. The minimum Gasteiger partial charge on any atom is -0.503 e. The van der Waals surface area contributed by atoms with Gasteiger partial charge in [0.2, 0.25) is 0 Å².